The first-order valence-electron chi connectivity index (χ1n) is 7.34. The van der Waals surface area contributed by atoms with Gasteiger partial charge in [-0.25, -0.2) is 0 Å². The van der Waals surface area contributed by atoms with Crippen molar-refractivity contribution in [1.29, 1.82) is 0 Å². The Bertz CT molecular complexity index is 453. The fraction of sp³-hybridized carbons (Fsp3) is 0.500. The van der Waals surface area contributed by atoms with Crippen molar-refractivity contribution in [3.05, 3.63) is 42.0 Å². The molecule has 21 heavy (non-hydrogen) atoms. The highest BCUT2D eigenvalue weighted by Crippen LogP contribution is 2.52. The molecule has 5 heteroatoms. The molecule has 1 unspecified atom stereocenters. The Morgan fingerprint density at radius 2 is 1.67 bits per heavy atom. The van der Waals surface area contributed by atoms with E-state index in [1.807, 2.05) is 63.3 Å². The summed E-state index contributed by atoms with van der Waals surface area (Å²) in [5.74, 6) is 0. The van der Waals surface area contributed by atoms with Crippen molar-refractivity contribution in [2.75, 3.05) is 26.0 Å². The molecule has 0 fully saturated rings. The van der Waals surface area contributed by atoms with Crippen molar-refractivity contribution >= 4 is 13.4 Å². The number of ether oxygens (including phenoxy) is 2. The molecule has 0 aliphatic heterocycles. The van der Waals surface area contributed by atoms with E-state index in [9.17, 15) is 4.57 Å². The first-order valence-corrected chi connectivity index (χ1v) is 9.22. The molecule has 4 nitrogen and oxygen atoms in total. The number of benzene rings is 1. The second-order valence-corrected chi connectivity index (χ2v) is 6.85. The monoisotopic (exact) mass is 312 g/mol. The highest BCUT2D eigenvalue weighted by molar-refractivity contribution is 7.59. The zero-order valence-electron chi connectivity index (χ0n) is 13.0. The summed E-state index contributed by atoms with van der Waals surface area (Å²) in [5, 5.41) is 0. The van der Waals surface area contributed by atoms with Gasteiger partial charge in [0.05, 0.1) is 6.61 Å². The minimum atomic E-state index is -3.03. The third-order valence-electron chi connectivity index (χ3n) is 2.76. The molecular formula is C16H25O4P. The van der Waals surface area contributed by atoms with E-state index in [1.165, 1.54) is 0 Å². The average Bonchev–Trinajstić information content (AvgIpc) is 2.48. The standard InChI is InChI=1S/C16H25O4P/c1-4-18-16(19-5-2)21(17,20-6-3)14-10-13-15-11-8-7-9-12-15/h7-13,16H,4-6,14H2,1-3H3/b13-10+. The Hall–Kier alpha value is -0.930. The molecule has 0 amide bonds. The second kappa shape index (κ2) is 9.91. The Balaban J connectivity index is 2.78. The maximum Gasteiger partial charge on any atom is 0.261 e. The Morgan fingerprint density at radius 1 is 1.05 bits per heavy atom. The molecule has 1 aromatic carbocycles. The van der Waals surface area contributed by atoms with Gasteiger partial charge in [0.1, 0.15) is 0 Å². The third kappa shape index (κ3) is 6.15. The van der Waals surface area contributed by atoms with Crippen LogP contribution in [-0.2, 0) is 18.6 Å². The van der Waals surface area contributed by atoms with Crippen molar-refractivity contribution in [2.24, 2.45) is 0 Å². The fourth-order valence-electron chi connectivity index (χ4n) is 1.88. The van der Waals surface area contributed by atoms with E-state index < -0.39 is 13.4 Å². The smallest absolute Gasteiger partial charge is 0.261 e. The van der Waals surface area contributed by atoms with Crippen LogP contribution in [-0.4, -0.2) is 32.0 Å². The zero-order chi connectivity index (χ0) is 15.6. The van der Waals surface area contributed by atoms with Gasteiger partial charge in [-0.15, -0.1) is 0 Å². The third-order valence-corrected chi connectivity index (χ3v) is 5.11. The van der Waals surface area contributed by atoms with Gasteiger partial charge in [-0.3, -0.25) is 4.57 Å². The minimum Gasteiger partial charge on any atom is -0.345 e. The molecule has 1 atom stereocenters. The highest BCUT2D eigenvalue weighted by atomic mass is 31.2. The quantitative estimate of drug-likeness (QED) is 0.475. The van der Waals surface area contributed by atoms with E-state index in [0.717, 1.165) is 5.56 Å². The summed E-state index contributed by atoms with van der Waals surface area (Å²) in [4.78, 5) is 0. The summed E-state index contributed by atoms with van der Waals surface area (Å²) in [6, 6.07) is 9.07. The lowest BCUT2D eigenvalue weighted by molar-refractivity contribution is -0.0886. The van der Waals surface area contributed by atoms with E-state index in [2.05, 4.69) is 0 Å². The van der Waals surface area contributed by atoms with E-state index in [-0.39, 0.29) is 0 Å². The van der Waals surface area contributed by atoms with Crippen LogP contribution in [0.15, 0.2) is 36.4 Å². The summed E-state index contributed by atoms with van der Waals surface area (Å²) in [7, 11) is -3.03. The van der Waals surface area contributed by atoms with Gasteiger partial charge in [0.15, 0.2) is 0 Å². The maximum atomic E-state index is 13.0. The highest BCUT2D eigenvalue weighted by Gasteiger charge is 2.34. The molecule has 0 saturated carbocycles. The van der Waals surface area contributed by atoms with Gasteiger partial charge >= 0.3 is 0 Å². The van der Waals surface area contributed by atoms with Crippen LogP contribution >= 0.6 is 7.37 Å². The van der Waals surface area contributed by atoms with Crippen LogP contribution in [0.5, 0.6) is 0 Å². The molecule has 0 aromatic heterocycles. The van der Waals surface area contributed by atoms with E-state index in [0.29, 0.717) is 26.0 Å². The predicted octanol–water partition coefficient (Wildman–Crippen LogP) is 4.37. The first kappa shape index (κ1) is 18.1. The lowest BCUT2D eigenvalue weighted by atomic mass is 10.2. The Kier molecular flexibility index (Phi) is 8.55. The number of allylic oxidation sites excluding steroid dienone is 1. The number of rotatable bonds is 10. The van der Waals surface area contributed by atoms with Crippen molar-refractivity contribution in [1.82, 2.24) is 0 Å². The zero-order valence-corrected chi connectivity index (χ0v) is 13.9. The normalized spacial score (nSPS) is 14.7. The van der Waals surface area contributed by atoms with Crippen molar-refractivity contribution in [2.45, 2.75) is 26.8 Å². The van der Waals surface area contributed by atoms with Crippen LogP contribution in [0.4, 0.5) is 0 Å². The van der Waals surface area contributed by atoms with Gasteiger partial charge in [-0.2, -0.15) is 0 Å². The van der Waals surface area contributed by atoms with Gasteiger partial charge in [-0.05, 0) is 26.3 Å². The number of hydrogen-bond acceptors (Lipinski definition) is 4. The Morgan fingerprint density at radius 3 is 2.19 bits per heavy atom. The lowest BCUT2D eigenvalue weighted by Gasteiger charge is -2.25. The first-order chi connectivity index (χ1) is 10.2. The minimum absolute atomic E-state index is 0.292. The van der Waals surface area contributed by atoms with Crippen LogP contribution in [0, 0.1) is 0 Å². The van der Waals surface area contributed by atoms with Gasteiger partial charge in [0, 0.05) is 19.4 Å². The molecule has 118 valence electrons. The van der Waals surface area contributed by atoms with Crippen molar-refractivity contribution in [3.63, 3.8) is 0 Å². The van der Waals surface area contributed by atoms with Crippen LogP contribution < -0.4 is 0 Å². The van der Waals surface area contributed by atoms with Crippen LogP contribution in [0.1, 0.15) is 26.3 Å². The molecule has 1 aromatic rings. The second-order valence-electron chi connectivity index (χ2n) is 4.36. The van der Waals surface area contributed by atoms with E-state index in [4.69, 9.17) is 14.0 Å². The molecule has 0 radical (unpaired) electrons. The predicted molar refractivity (Wildman–Crippen MR) is 86.6 cm³/mol. The summed E-state index contributed by atoms with van der Waals surface area (Å²) >= 11 is 0. The molecule has 0 N–H and O–H groups in total. The van der Waals surface area contributed by atoms with Crippen LogP contribution in [0.25, 0.3) is 6.08 Å². The largest absolute Gasteiger partial charge is 0.345 e. The lowest BCUT2D eigenvalue weighted by Crippen LogP contribution is -2.20. The van der Waals surface area contributed by atoms with E-state index in [1.54, 1.807) is 0 Å². The van der Waals surface area contributed by atoms with Crippen molar-refractivity contribution in [3.8, 4) is 0 Å². The van der Waals surface area contributed by atoms with Crippen molar-refractivity contribution < 1.29 is 18.6 Å². The van der Waals surface area contributed by atoms with Gasteiger partial charge in [0.2, 0.25) is 6.03 Å². The number of hydrogen-bond donors (Lipinski definition) is 0. The Labute approximate surface area is 127 Å². The molecule has 0 heterocycles. The molecule has 0 spiro atoms. The summed E-state index contributed by atoms with van der Waals surface area (Å²) < 4.78 is 29.4. The maximum absolute atomic E-state index is 13.0. The van der Waals surface area contributed by atoms with Crippen LogP contribution in [0.2, 0.25) is 0 Å². The van der Waals surface area contributed by atoms with Gasteiger partial charge < -0.3 is 14.0 Å². The molecule has 0 aliphatic rings. The topological polar surface area (TPSA) is 44.8 Å². The molecular weight excluding hydrogens is 287 g/mol. The summed E-state index contributed by atoms with van der Waals surface area (Å²) in [5.41, 5.74) is 1.06. The molecule has 0 saturated heterocycles. The van der Waals surface area contributed by atoms with Gasteiger partial charge in [-0.1, -0.05) is 42.5 Å². The van der Waals surface area contributed by atoms with Gasteiger partial charge in [0.25, 0.3) is 7.37 Å². The average molecular weight is 312 g/mol. The molecule has 0 aliphatic carbocycles. The summed E-state index contributed by atoms with van der Waals surface area (Å²) in [6.07, 6.45) is 4.08. The SMILES string of the molecule is CCOC(OCC)P(=O)(C/C=C/c1ccccc1)OCC. The fourth-order valence-corrected chi connectivity index (χ4v) is 3.87. The van der Waals surface area contributed by atoms with Crippen LogP contribution in [0.3, 0.4) is 0 Å². The van der Waals surface area contributed by atoms with E-state index >= 15 is 0 Å². The molecule has 0 bridgehead atoms. The summed E-state index contributed by atoms with van der Waals surface area (Å²) in [6.45, 7) is 6.76. The molecule has 1 rings (SSSR count).